The molecule has 4 rings (SSSR count). The number of likely N-dealkylation sites (N-methyl/N-ethyl adjacent to an activating group) is 1. The second-order valence-corrected chi connectivity index (χ2v) is 8.11. The van der Waals surface area contributed by atoms with Gasteiger partial charge in [-0.3, -0.25) is 20.2 Å². The number of aromatic nitrogens is 3. The van der Waals surface area contributed by atoms with Crippen molar-refractivity contribution in [1.82, 2.24) is 25.8 Å². The molecule has 1 amide bonds. The summed E-state index contributed by atoms with van der Waals surface area (Å²) < 4.78 is 30.0. The van der Waals surface area contributed by atoms with E-state index in [1.807, 2.05) is 0 Å². The van der Waals surface area contributed by atoms with Crippen molar-refractivity contribution < 1.29 is 18.7 Å². The standard InChI is InChI=1S/C26H25F2N5O2/c1-29-26(28,17-34)25(16-21-9-5-6-14-30-21,31-24(35)19-7-3-2-4-8-19)23-15-22(32-33-23)18-10-12-20(27)13-11-18/h2-15,29,34H,16-17H2,1H3,(H,31,35)(H,32,33)/t25-,26+/m1/s1. The maximum atomic E-state index is 16.6. The van der Waals surface area contributed by atoms with E-state index < -0.39 is 29.7 Å². The first kappa shape index (κ1) is 24.2. The van der Waals surface area contributed by atoms with Crippen LogP contribution in [0.1, 0.15) is 21.7 Å². The summed E-state index contributed by atoms with van der Waals surface area (Å²) in [6, 6.07) is 20.8. The number of nitrogens with zero attached hydrogens (tertiary/aromatic N) is 2. The van der Waals surface area contributed by atoms with Gasteiger partial charge in [-0.05, 0) is 61.6 Å². The lowest BCUT2D eigenvalue weighted by atomic mass is 9.79. The van der Waals surface area contributed by atoms with Crippen molar-refractivity contribution in [2.75, 3.05) is 13.7 Å². The van der Waals surface area contributed by atoms with Crippen LogP contribution in [0.15, 0.2) is 85.1 Å². The Kier molecular flexibility index (Phi) is 6.99. The molecule has 0 aliphatic heterocycles. The van der Waals surface area contributed by atoms with Gasteiger partial charge in [0.25, 0.3) is 5.91 Å². The first-order valence-electron chi connectivity index (χ1n) is 11.0. The Labute approximate surface area is 201 Å². The Morgan fingerprint density at radius 3 is 2.40 bits per heavy atom. The van der Waals surface area contributed by atoms with Crippen LogP contribution in [0.4, 0.5) is 8.78 Å². The Morgan fingerprint density at radius 1 is 1.06 bits per heavy atom. The number of rotatable bonds is 9. The summed E-state index contributed by atoms with van der Waals surface area (Å²) in [7, 11) is 1.36. The summed E-state index contributed by atoms with van der Waals surface area (Å²) in [5.41, 5.74) is 0.127. The van der Waals surface area contributed by atoms with E-state index >= 15 is 4.39 Å². The van der Waals surface area contributed by atoms with E-state index in [0.29, 0.717) is 22.5 Å². The molecule has 2 aromatic heterocycles. The molecule has 35 heavy (non-hydrogen) atoms. The molecule has 0 radical (unpaired) electrons. The van der Waals surface area contributed by atoms with Gasteiger partial charge in [0.1, 0.15) is 11.4 Å². The molecule has 4 N–H and O–H groups in total. The van der Waals surface area contributed by atoms with E-state index in [1.54, 1.807) is 72.9 Å². The van der Waals surface area contributed by atoms with Crippen LogP contribution >= 0.6 is 0 Å². The van der Waals surface area contributed by atoms with Gasteiger partial charge in [-0.15, -0.1) is 0 Å². The van der Waals surface area contributed by atoms with Crippen molar-refractivity contribution in [3.05, 3.63) is 108 Å². The highest BCUT2D eigenvalue weighted by atomic mass is 19.1. The van der Waals surface area contributed by atoms with Gasteiger partial charge in [0.05, 0.1) is 18.0 Å². The van der Waals surface area contributed by atoms with Gasteiger partial charge in [0.2, 0.25) is 5.79 Å². The largest absolute Gasteiger partial charge is 0.391 e. The fourth-order valence-corrected chi connectivity index (χ4v) is 4.03. The quantitative estimate of drug-likeness (QED) is 0.277. The zero-order chi connectivity index (χ0) is 24.9. The third-order valence-electron chi connectivity index (χ3n) is 6.00. The first-order valence-corrected chi connectivity index (χ1v) is 11.0. The van der Waals surface area contributed by atoms with Crippen LogP contribution in [0.3, 0.4) is 0 Å². The van der Waals surface area contributed by atoms with E-state index in [2.05, 4.69) is 25.8 Å². The smallest absolute Gasteiger partial charge is 0.252 e. The predicted octanol–water partition coefficient (Wildman–Crippen LogP) is 3.36. The van der Waals surface area contributed by atoms with Gasteiger partial charge in [0, 0.05) is 29.4 Å². The fourth-order valence-electron chi connectivity index (χ4n) is 4.03. The molecule has 0 aliphatic carbocycles. The van der Waals surface area contributed by atoms with Gasteiger partial charge in [-0.25, -0.2) is 8.78 Å². The number of hydrogen-bond donors (Lipinski definition) is 4. The van der Waals surface area contributed by atoms with Crippen LogP contribution < -0.4 is 10.6 Å². The predicted molar refractivity (Wildman–Crippen MR) is 127 cm³/mol. The van der Waals surface area contributed by atoms with Crippen molar-refractivity contribution in [3.63, 3.8) is 0 Å². The molecule has 4 aromatic rings. The highest BCUT2D eigenvalue weighted by molar-refractivity contribution is 5.94. The lowest BCUT2D eigenvalue weighted by molar-refractivity contribution is -0.0452. The van der Waals surface area contributed by atoms with Crippen LogP contribution in [-0.2, 0) is 12.0 Å². The Balaban J connectivity index is 1.88. The maximum absolute atomic E-state index is 16.6. The molecule has 7 nitrogen and oxygen atoms in total. The average molecular weight is 478 g/mol. The lowest BCUT2D eigenvalue weighted by Crippen LogP contribution is -2.68. The number of nitrogens with one attached hydrogen (secondary N) is 3. The van der Waals surface area contributed by atoms with E-state index in [1.165, 1.54) is 19.2 Å². The monoisotopic (exact) mass is 477 g/mol. The number of carbonyl (C=O) groups is 1. The molecule has 180 valence electrons. The number of aromatic amines is 1. The number of hydrogen-bond acceptors (Lipinski definition) is 5. The van der Waals surface area contributed by atoms with Gasteiger partial charge in [-0.2, -0.15) is 5.10 Å². The maximum Gasteiger partial charge on any atom is 0.252 e. The molecule has 0 aliphatic rings. The molecule has 0 unspecified atom stereocenters. The Hall–Kier alpha value is -3.95. The number of H-pyrrole nitrogens is 1. The van der Waals surface area contributed by atoms with Crippen molar-refractivity contribution in [1.29, 1.82) is 0 Å². The molecule has 0 bridgehead atoms. The average Bonchev–Trinajstić information content (AvgIpc) is 3.40. The van der Waals surface area contributed by atoms with E-state index in [4.69, 9.17) is 0 Å². The molecule has 0 saturated carbocycles. The Bertz CT molecular complexity index is 1260. The zero-order valence-electron chi connectivity index (χ0n) is 19.0. The molecule has 2 aromatic carbocycles. The number of alkyl halides is 1. The van der Waals surface area contributed by atoms with Crippen molar-refractivity contribution in [2.24, 2.45) is 0 Å². The van der Waals surface area contributed by atoms with Gasteiger partial charge >= 0.3 is 0 Å². The first-order chi connectivity index (χ1) is 16.9. The number of aliphatic hydroxyl groups excluding tert-OH is 1. The minimum Gasteiger partial charge on any atom is -0.391 e. The zero-order valence-corrected chi connectivity index (χ0v) is 19.0. The summed E-state index contributed by atoms with van der Waals surface area (Å²) in [5, 5.41) is 22.7. The van der Waals surface area contributed by atoms with Crippen molar-refractivity contribution in [2.45, 2.75) is 17.8 Å². The van der Waals surface area contributed by atoms with Crippen LogP contribution in [-0.4, -0.2) is 45.6 Å². The summed E-state index contributed by atoms with van der Waals surface area (Å²) in [6.45, 7) is -0.962. The summed E-state index contributed by atoms with van der Waals surface area (Å²) in [4.78, 5) is 17.7. The van der Waals surface area contributed by atoms with E-state index in [9.17, 15) is 14.3 Å². The third kappa shape index (κ3) is 4.82. The molecule has 0 fully saturated rings. The van der Waals surface area contributed by atoms with Crippen LogP contribution in [0.5, 0.6) is 0 Å². The fraction of sp³-hybridized carbons (Fsp3) is 0.192. The summed E-state index contributed by atoms with van der Waals surface area (Å²) in [5.74, 6) is -3.48. The third-order valence-corrected chi connectivity index (χ3v) is 6.00. The summed E-state index contributed by atoms with van der Waals surface area (Å²) >= 11 is 0. The van der Waals surface area contributed by atoms with E-state index in [-0.39, 0.29) is 12.1 Å². The van der Waals surface area contributed by atoms with Crippen LogP contribution in [0.2, 0.25) is 0 Å². The number of halogens is 2. The number of benzene rings is 2. The van der Waals surface area contributed by atoms with Crippen LogP contribution in [0, 0.1) is 5.82 Å². The number of aliphatic hydroxyl groups is 1. The lowest BCUT2D eigenvalue weighted by Gasteiger charge is -2.44. The number of carbonyl (C=O) groups excluding carboxylic acids is 1. The van der Waals surface area contributed by atoms with Gasteiger partial charge in [-0.1, -0.05) is 24.3 Å². The molecular formula is C26H25F2N5O2. The Morgan fingerprint density at radius 2 is 1.77 bits per heavy atom. The molecular weight excluding hydrogens is 452 g/mol. The van der Waals surface area contributed by atoms with E-state index in [0.717, 1.165) is 0 Å². The molecule has 0 saturated heterocycles. The second kappa shape index (κ2) is 10.1. The van der Waals surface area contributed by atoms with Crippen molar-refractivity contribution in [3.8, 4) is 11.3 Å². The highest BCUT2D eigenvalue weighted by Gasteiger charge is 2.55. The van der Waals surface area contributed by atoms with Crippen molar-refractivity contribution >= 4 is 5.91 Å². The molecule has 9 heteroatoms. The minimum absolute atomic E-state index is 0.116. The minimum atomic E-state index is -2.53. The summed E-state index contributed by atoms with van der Waals surface area (Å²) in [6.07, 6.45) is 1.45. The molecule has 2 heterocycles. The van der Waals surface area contributed by atoms with Gasteiger partial charge in [0.15, 0.2) is 0 Å². The molecule has 2 atom stereocenters. The SMILES string of the molecule is CN[C@@](F)(CO)[C@](Cc1ccccn1)(NC(=O)c1ccccc1)c1cc(-c2ccc(F)cc2)n[nH]1. The number of pyridine rings is 1. The number of amides is 1. The normalized spacial score (nSPS) is 14.6. The second-order valence-electron chi connectivity index (χ2n) is 8.11. The molecule has 0 spiro atoms. The topological polar surface area (TPSA) is 103 Å². The van der Waals surface area contributed by atoms with Crippen LogP contribution in [0.25, 0.3) is 11.3 Å². The van der Waals surface area contributed by atoms with Gasteiger partial charge < -0.3 is 10.4 Å². The highest BCUT2D eigenvalue weighted by Crippen LogP contribution is 2.38.